The largest absolute Gasteiger partial charge is 0.493 e. The molecular weight excluding hydrogens is 1030 g/mol. The van der Waals surface area contributed by atoms with Gasteiger partial charge in [0, 0.05) is 82.1 Å². The third kappa shape index (κ3) is 9.55. The summed E-state index contributed by atoms with van der Waals surface area (Å²) in [5.74, 6) is -2.81. The summed E-state index contributed by atoms with van der Waals surface area (Å²) in [6.45, 7) is 8.65. The molecule has 14 rings (SSSR count). The average molecular weight is 1080 g/mol. The molecule has 6 aromatic carbocycles. The van der Waals surface area contributed by atoms with E-state index in [0.717, 1.165) is 67.8 Å². The zero-order valence-corrected chi connectivity index (χ0v) is 43.7. The molecule has 0 saturated heterocycles. The summed E-state index contributed by atoms with van der Waals surface area (Å²) in [4.78, 5) is 60.9. The Hall–Kier alpha value is -9.58. The van der Waals surface area contributed by atoms with Crippen LogP contribution in [0.5, 0.6) is 11.5 Å². The number of ether oxygens (including phenoxy) is 2. The Balaban J connectivity index is 0.000000169. The van der Waals surface area contributed by atoms with Gasteiger partial charge in [-0.3, -0.25) is 19.2 Å². The first kappa shape index (κ1) is 52.5. The number of nitrogen functional groups attached to an aromatic ring is 2. The summed E-state index contributed by atoms with van der Waals surface area (Å²) in [5, 5.41) is 11.9. The van der Waals surface area contributed by atoms with Gasteiger partial charge in [-0.2, -0.15) is 0 Å². The molecule has 4 bridgehead atoms. The van der Waals surface area contributed by atoms with Crippen LogP contribution in [0.4, 0.5) is 29.2 Å². The molecule has 4 unspecified atom stereocenters. The summed E-state index contributed by atoms with van der Waals surface area (Å²) in [6, 6.07) is 30.7. The van der Waals surface area contributed by atoms with Gasteiger partial charge >= 0.3 is 0 Å². The second-order valence-electron chi connectivity index (χ2n) is 19.8. The second-order valence-corrected chi connectivity index (χ2v) is 19.8. The molecular formula is C62H52F4N8O6. The van der Waals surface area contributed by atoms with Crippen LogP contribution in [0.15, 0.2) is 121 Å². The third-order valence-corrected chi connectivity index (χ3v) is 15.0. The normalized spacial score (nSPS) is 16.6. The van der Waals surface area contributed by atoms with Crippen molar-refractivity contribution in [1.29, 1.82) is 0 Å². The number of pyridine rings is 2. The highest BCUT2D eigenvalue weighted by Crippen LogP contribution is 2.50. The van der Waals surface area contributed by atoms with Crippen LogP contribution in [0.1, 0.15) is 126 Å². The molecule has 2 aromatic heterocycles. The van der Waals surface area contributed by atoms with E-state index >= 15 is 0 Å². The number of anilines is 2. The molecule has 4 aliphatic heterocycles. The Bertz CT molecular complexity index is 3910. The van der Waals surface area contributed by atoms with Gasteiger partial charge in [-0.1, -0.05) is 36.4 Å². The topological polar surface area (TPSA) is 213 Å². The molecule has 6 aliphatic rings. The van der Waals surface area contributed by atoms with Crippen molar-refractivity contribution < 1.29 is 46.2 Å². The molecule has 8 aromatic rings. The van der Waals surface area contributed by atoms with Crippen LogP contribution < -0.4 is 42.2 Å². The predicted octanol–water partition coefficient (Wildman–Crippen LogP) is 9.82. The van der Waals surface area contributed by atoms with E-state index in [9.17, 15) is 36.7 Å². The van der Waals surface area contributed by atoms with Crippen LogP contribution >= 0.6 is 0 Å². The minimum atomic E-state index is -0.667. The van der Waals surface area contributed by atoms with E-state index in [1.54, 1.807) is 60.7 Å². The molecule has 0 spiro atoms. The molecule has 80 heavy (non-hydrogen) atoms. The van der Waals surface area contributed by atoms with Gasteiger partial charge in [0.25, 0.3) is 11.8 Å². The summed E-state index contributed by atoms with van der Waals surface area (Å²) in [6.07, 6.45) is 0. The Morgan fingerprint density at radius 3 is 1.36 bits per heavy atom. The van der Waals surface area contributed by atoms with Crippen molar-refractivity contribution in [2.24, 2.45) is 0 Å². The van der Waals surface area contributed by atoms with E-state index in [4.69, 9.17) is 20.9 Å². The molecule has 14 nitrogen and oxygen atoms in total. The molecule has 18 heteroatoms. The number of fused-ring (bicyclic) bond motifs is 2. The zero-order valence-electron chi connectivity index (χ0n) is 43.7. The van der Waals surface area contributed by atoms with Crippen LogP contribution in [0.2, 0.25) is 0 Å². The monoisotopic (exact) mass is 1080 g/mol. The van der Waals surface area contributed by atoms with Crippen LogP contribution in [-0.2, 0) is 22.7 Å². The predicted molar refractivity (Wildman–Crippen MR) is 292 cm³/mol. The number of hydrogen-bond donors (Lipinski definition) is 6. The van der Waals surface area contributed by atoms with Crippen molar-refractivity contribution >= 4 is 35.3 Å². The molecule has 0 radical (unpaired) electrons. The minimum Gasteiger partial charge on any atom is -0.493 e. The summed E-state index contributed by atoms with van der Waals surface area (Å²) in [5.41, 5.74) is 23.7. The molecule has 4 amide bonds. The Kier molecular flexibility index (Phi) is 13.8. The van der Waals surface area contributed by atoms with Gasteiger partial charge in [0.05, 0.1) is 37.1 Å². The number of aryl methyl sites for hydroxylation is 2. The van der Waals surface area contributed by atoms with E-state index in [0.29, 0.717) is 70.0 Å². The van der Waals surface area contributed by atoms with Crippen molar-refractivity contribution in [2.75, 3.05) is 24.7 Å². The fraction of sp³-hybridized carbons (Fsp3) is 0.194. The number of amides is 4. The van der Waals surface area contributed by atoms with Crippen molar-refractivity contribution in [1.82, 2.24) is 31.2 Å². The number of carbonyl (C=O) groups is 4. The lowest BCUT2D eigenvalue weighted by Crippen LogP contribution is -2.45. The lowest BCUT2D eigenvalue weighted by atomic mass is 9.70. The van der Waals surface area contributed by atoms with Crippen molar-refractivity contribution in [2.45, 2.75) is 64.7 Å². The van der Waals surface area contributed by atoms with E-state index in [2.05, 4.69) is 31.2 Å². The van der Waals surface area contributed by atoms with Crippen molar-refractivity contribution in [3.63, 3.8) is 0 Å². The Morgan fingerprint density at radius 1 is 0.512 bits per heavy atom. The lowest BCUT2D eigenvalue weighted by molar-refractivity contribution is -0.124. The Labute approximate surface area is 457 Å². The van der Waals surface area contributed by atoms with Gasteiger partial charge in [-0.05, 0) is 144 Å². The lowest BCUT2D eigenvalue weighted by Gasteiger charge is -2.40. The first-order chi connectivity index (χ1) is 38.5. The number of nitrogens with two attached hydrogens (primary N) is 2. The van der Waals surface area contributed by atoms with E-state index in [-0.39, 0.29) is 47.8 Å². The highest BCUT2D eigenvalue weighted by atomic mass is 19.1. The smallest absolute Gasteiger partial charge is 0.251 e. The van der Waals surface area contributed by atoms with Gasteiger partial charge in [0.15, 0.2) is 0 Å². The first-order valence-electron chi connectivity index (χ1n) is 25.9. The number of nitrogens with one attached hydrogen (secondary N) is 4. The fourth-order valence-electron chi connectivity index (χ4n) is 11.3. The van der Waals surface area contributed by atoms with E-state index in [1.165, 1.54) is 24.3 Å². The highest BCUT2D eigenvalue weighted by Gasteiger charge is 2.44. The van der Waals surface area contributed by atoms with Crippen LogP contribution in [0.25, 0.3) is 22.3 Å². The molecule has 4 atom stereocenters. The van der Waals surface area contributed by atoms with Crippen LogP contribution in [0.3, 0.4) is 0 Å². The summed E-state index contributed by atoms with van der Waals surface area (Å²) >= 11 is 0. The fourth-order valence-corrected chi connectivity index (χ4v) is 11.3. The van der Waals surface area contributed by atoms with Gasteiger partial charge in [0.1, 0.15) is 46.4 Å². The van der Waals surface area contributed by atoms with Crippen molar-refractivity contribution in [3.8, 4) is 33.8 Å². The molecule has 0 fully saturated rings. The maximum atomic E-state index is 14.5. The van der Waals surface area contributed by atoms with Crippen LogP contribution in [0, 0.1) is 37.1 Å². The van der Waals surface area contributed by atoms with Gasteiger partial charge in [0.2, 0.25) is 11.8 Å². The number of halogens is 4. The number of rotatable bonds is 12. The van der Waals surface area contributed by atoms with Crippen molar-refractivity contribution in [3.05, 3.63) is 223 Å². The molecule has 6 heterocycles. The number of hydrogen-bond acceptors (Lipinski definition) is 10. The summed E-state index contributed by atoms with van der Waals surface area (Å²) < 4.78 is 67.3. The van der Waals surface area contributed by atoms with Gasteiger partial charge in [-0.25, -0.2) is 27.5 Å². The number of benzene rings is 6. The zero-order chi connectivity index (χ0) is 56.3. The third-order valence-electron chi connectivity index (χ3n) is 15.0. The maximum absolute atomic E-state index is 14.5. The molecule has 8 N–H and O–H groups in total. The molecule has 404 valence electrons. The summed E-state index contributed by atoms with van der Waals surface area (Å²) in [7, 11) is 0. The minimum absolute atomic E-state index is 0.127. The van der Waals surface area contributed by atoms with E-state index < -0.39 is 47.2 Å². The number of nitrogens with zero attached hydrogens (tertiary/aromatic N) is 2. The molecule has 0 saturated carbocycles. The number of carbonyl (C=O) groups excluding carboxylic acids is 4. The van der Waals surface area contributed by atoms with Gasteiger partial charge < -0.3 is 42.2 Å². The first-order valence-corrected chi connectivity index (χ1v) is 25.9. The molecule has 2 aliphatic carbocycles. The van der Waals surface area contributed by atoms with Crippen LogP contribution in [-0.4, -0.2) is 46.8 Å². The second kappa shape index (κ2) is 21.0. The standard InChI is InChI=1S/2C31H26F2N4O3/c1-3-40-26-13-27(34)36-15(2)24(26)14-35-30(38)17-5-7-20-23(11-17)29-21-8-4-16(10-22(21)28(20)31(39)37-29)19-9-6-18(32)12-25(19)33;1-3-40-26-13-27(34)36-15(2)24(26)14-35-30(38)17-5-8-21-23(11-17)29-22-10-16(19-9-6-18(32)12-25(19)33)4-7-20(22)28(21)31(39)37-29/h2*4-13,28-29H,3,14H2,1-2H3,(H2,34,36)(H,35,38)(H,37,39). The highest BCUT2D eigenvalue weighted by molar-refractivity contribution is 5.99. The average Bonchev–Trinajstić information content (AvgIpc) is 3.58. The Morgan fingerprint density at radius 2 is 0.912 bits per heavy atom. The number of aromatic nitrogens is 2. The SMILES string of the molecule is CCOc1cc(N)nc(C)c1CNC(=O)c1ccc2c(c1)C1NC(=O)C2c2cc(-c3ccc(F)cc3F)ccc21.CCOc1cc(N)nc(C)c1CNC(=O)c1ccc2c(c1)C1NC(=O)C2c2ccc(-c3ccc(F)cc3F)cc21. The quantitative estimate of drug-likeness (QED) is 0.0638. The maximum Gasteiger partial charge on any atom is 0.251 e. The van der Waals surface area contributed by atoms with E-state index in [1.807, 2.05) is 52.0 Å². The van der Waals surface area contributed by atoms with Gasteiger partial charge in [-0.15, -0.1) is 0 Å².